The van der Waals surface area contributed by atoms with E-state index in [1.54, 1.807) is 0 Å². The maximum atomic E-state index is 12.6. The fourth-order valence-electron chi connectivity index (χ4n) is 1.86. The highest BCUT2D eigenvalue weighted by atomic mass is 32.1. The van der Waals surface area contributed by atoms with Crippen LogP contribution in [-0.4, -0.2) is 9.97 Å². The van der Waals surface area contributed by atoms with Gasteiger partial charge in [-0.2, -0.15) is 13.2 Å². The molecule has 0 saturated carbocycles. The number of benzene rings is 1. The third kappa shape index (κ3) is 2.75. The van der Waals surface area contributed by atoms with Crippen molar-refractivity contribution in [3.05, 3.63) is 46.2 Å². The van der Waals surface area contributed by atoms with Crippen molar-refractivity contribution >= 4 is 32.5 Å². The van der Waals surface area contributed by atoms with Gasteiger partial charge in [0.2, 0.25) is 5.56 Å². The lowest BCUT2D eigenvalue weighted by molar-refractivity contribution is -0.265. The van der Waals surface area contributed by atoms with E-state index >= 15 is 0 Å². The molecule has 0 fully saturated rings. The lowest BCUT2D eigenvalue weighted by Gasteiger charge is -2.08. The van der Waals surface area contributed by atoms with E-state index in [0.29, 0.717) is 0 Å². The fourth-order valence-corrected chi connectivity index (χ4v) is 2.71. The summed E-state index contributed by atoms with van der Waals surface area (Å²) in [5.74, 6) is -0.478. The molecule has 2 aromatic heterocycles. The number of nitrogens with zero attached hydrogens (tertiary/aromatic N) is 1. The second-order valence-electron chi connectivity index (χ2n) is 4.40. The quantitative estimate of drug-likeness (QED) is 0.759. The Morgan fingerprint density at radius 2 is 2.05 bits per heavy atom. The normalized spacial score (nSPS) is 11.8. The second kappa shape index (κ2) is 5.02. The van der Waals surface area contributed by atoms with Crippen molar-refractivity contribution in [2.75, 3.05) is 5.32 Å². The molecule has 2 heterocycles. The molecule has 0 saturated heterocycles. The van der Waals surface area contributed by atoms with Crippen LogP contribution in [0.15, 0.2) is 35.1 Å². The molecule has 1 aromatic carbocycles. The van der Waals surface area contributed by atoms with Crippen LogP contribution in [0.1, 0.15) is 5.56 Å². The number of fused-ring (bicyclic) bond motifs is 1. The predicted molar refractivity (Wildman–Crippen MR) is 74.4 cm³/mol. The van der Waals surface area contributed by atoms with Gasteiger partial charge in [0.25, 0.3) is 0 Å². The molecule has 3 rings (SSSR count). The Morgan fingerprint density at radius 1 is 1.27 bits per heavy atom. The van der Waals surface area contributed by atoms with E-state index in [-0.39, 0.29) is 21.2 Å². The van der Waals surface area contributed by atoms with Gasteiger partial charge in [-0.05, 0) is 24.3 Å². The van der Waals surface area contributed by atoms with Crippen LogP contribution in [0.2, 0.25) is 0 Å². The van der Waals surface area contributed by atoms with Crippen LogP contribution in [0.3, 0.4) is 0 Å². The molecule has 0 spiro atoms. The number of nitrogens with one attached hydrogen (secondary N) is 2. The predicted octanol–water partition coefficient (Wildman–Crippen LogP) is 2.82. The van der Waals surface area contributed by atoms with Crippen molar-refractivity contribution in [1.29, 1.82) is 0 Å². The van der Waals surface area contributed by atoms with Crippen LogP contribution in [0, 0.1) is 0 Å². The van der Waals surface area contributed by atoms with E-state index in [1.807, 2.05) is 0 Å². The van der Waals surface area contributed by atoms with E-state index in [2.05, 4.69) is 15.3 Å². The SMILES string of the molecule is O=c1cc([O-])c2sc(Nc3cccc(C(F)(F)F)c3)nc2[nH]1. The van der Waals surface area contributed by atoms with Crippen LogP contribution in [0.4, 0.5) is 24.0 Å². The molecule has 0 unspecified atom stereocenters. The molecule has 0 aliphatic heterocycles. The zero-order chi connectivity index (χ0) is 15.9. The minimum atomic E-state index is -4.45. The zero-order valence-corrected chi connectivity index (χ0v) is 11.5. The average Bonchev–Trinajstić information content (AvgIpc) is 2.80. The van der Waals surface area contributed by atoms with E-state index in [9.17, 15) is 23.1 Å². The third-order valence-corrected chi connectivity index (χ3v) is 3.78. The molecule has 2 N–H and O–H groups in total. The molecule has 0 bridgehead atoms. The first-order valence-electron chi connectivity index (χ1n) is 5.98. The smallest absolute Gasteiger partial charge is 0.416 e. The molecule has 0 aliphatic carbocycles. The standard InChI is InChI=1S/C13H8F3N3O2S/c14-13(15,16)6-2-1-3-7(4-6)17-12-19-11-10(22-12)8(20)5-9(21)18-11/h1-5H,(H3,17,18,19,20,21)/p-1. The largest absolute Gasteiger partial charge is 0.871 e. The molecule has 0 amide bonds. The minimum Gasteiger partial charge on any atom is -0.871 e. The Bertz CT molecular complexity index is 901. The van der Waals surface area contributed by atoms with E-state index in [4.69, 9.17) is 0 Å². The van der Waals surface area contributed by atoms with E-state index < -0.39 is 23.0 Å². The number of thiazole rings is 1. The number of anilines is 2. The summed E-state index contributed by atoms with van der Waals surface area (Å²) in [6, 6.07) is 5.50. The summed E-state index contributed by atoms with van der Waals surface area (Å²) >= 11 is 0.955. The van der Waals surface area contributed by atoms with Gasteiger partial charge in [0.1, 0.15) is 0 Å². The lowest BCUT2D eigenvalue weighted by Crippen LogP contribution is -2.06. The van der Waals surface area contributed by atoms with E-state index in [1.165, 1.54) is 12.1 Å². The van der Waals surface area contributed by atoms with Crippen LogP contribution in [0.5, 0.6) is 5.75 Å². The van der Waals surface area contributed by atoms with Gasteiger partial charge in [-0.15, -0.1) is 0 Å². The molecule has 114 valence electrons. The number of hydrogen-bond donors (Lipinski definition) is 2. The molecule has 5 nitrogen and oxygen atoms in total. The van der Waals surface area contributed by atoms with Gasteiger partial charge in [0.05, 0.1) is 10.3 Å². The molecule has 0 radical (unpaired) electrons. The van der Waals surface area contributed by atoms with Crippen molar-refractivity contribution in [2.45, 2.75) is 6.18 Å². The van der Waals surface area contributed by atoms with Gasteiger partial charge in [-0.3, -0.25) is 4.79 Å². The topological polar surface area (TPSA) is 80.8 Å². The number of pyridine rings is 1. The Hall–Kier alpha value is -2.55. The summed E-state index contributed by atoms with van der Waals surface area (Å²) < 4.78 is 38.2. The first-order chi connectivity index (χ1) is 10.3. The van der Waals surface area contributed by atoms with Gasteiger partial charge in [-0.1, -0.05) is 23.2 Å². The highest BCUT2D eigenvalue weighted by molar-refractivity contribution is 7.22. The van der Waals surface area contributed by atoms with Crippen LogP contribution in [0.25, 0.3) is 10.3 Å². The number of aromatic amines is 1. The zero-order valence-electron chi connectivity index (χ0n) is 10.7. The molecule has 0 aliphatic rings. The van der Waals surface area contributed by atoms with Crippen LogP contribution in [-0.2, 0) is 6.18 Å². The Balaban J connectivity index is 1.97. The van der Waals surface area contributed by atoms with Crippen molar-refractivity contribution in [3.8, 4) is 5.75 Å². The van der Waals surface area contributed by atoms with E-state index in [0.717, 1.165) is 29.5 Å². The summed E-state index contributed by atoms with van der Waals surface area (Å²) in [6.07, 6.45) is -4.45. The average molecular weight is 326 g/mol. The molecule has 3 aromatic rings. The summed E-state index contributed by atoms with van der Waals surface area (Å²) in [7, 11) is 0. The number of halogens is 3. The summed E-state index contributed by atoms with van der Waals surface area (Å²) in [4.78, 5) is 17.6. The highest BCUT2D eigenvalue weighted by Gasteiger charge is 2.30. The van der Waals surface area contributed by atoms with Gasteiger partial charge < -0.3 is 15.4 Å². The molecule has 9 heteroatoms. The van der Waals surface area contributed by atoms with Crippen molar-refractivity contribution in [3.63, 3.8) is 0 Å². The number of rotatable bonds is 2. The van der Waals surface area contributed by atoms with Crippen molar-refractivity contribution in [2.24, 2.45) is 0 Å². The monoisotopic (exact) mass is 326 g/mol. The first-order valence-corrected chi connectivity index (χ1v) is 6.80. The Morgan fingerprint density at radius 3 is 2.77 bits per heavy atom. The summed E-state index contributed by atoms with van der Waals surface area (Å²) in [6.45, 7) is 0. The second-order valence-corrected chi connectivity index (χ2v) is 5.40. The Labute approximate surface area is 125 Å². The molecule has 22 heavy (non-hydrogen) atoms. The highest BCUT2D eigenvalue weighted by Crippen LogP contribution is 2.33. The molecular formula is C13H7F3N3O2S-. The van der Waals surface area contributed by atoms with Crippen LogP contribution >= 0.6 is 11.3 Å². The number of aromatic nitrogens is 2. The van der Waals surface area contributed by atoms with Gasteiger partial charge >= 0.3 is 6.18 Å². The van der Waals surface area contributed by atoms with Gasteiger partial charge in [0, 0.05) is 5.69 Å². The third-order valence-electron chi connectivity index (χ3n) is 2.80. The maximum absolute atomic E-state index is 12.6. The van der Waals surface area contributed by atoms with Gasteiger partial charge in [-0.25, -0.2) is 4.98 Å². The summed E-state index contributed by atoms with van der Waals surface area (Å²) in [5.41, 5.74) is -1.08. The number of hydrogen-bond acceptors (Lipinski definition) is 5. The number of alkyl halides is 3. The minimum absolute atomic E-state index is 0.108. The maximum Gasteiger partial charge on any atom is 0.416 e. The molecular weight excluding hydrogens is 319 g/mol. The lowest BCUT2D eigenvalue weighted by atomic mass is 10.2. The first kappa shape index (κ1) is 14.4. The van der Waals surface area contributed by atoms with Crippen molar-refractivity contribution < 1.29 is 18.3 Å². The van der Waals surface area contributed by atoms with Crippen LogP contribution < -0.4 is 16.0 Å². The van der Waals surface area contributed by atoms with Crippen molar-refractivity contribution in [1.82, 2.24) is 9.97 Å². The summed E-state index contributed by atoms with van der Waals surface area (Å²) in [5, 5.41) is 14.5. The number of H-pyrrole nitrogens is 1. The fraction of sp³-hybridized carbons (Fsp3) is 0.0769. The van der Waals surface area contributed by atoms with Gasteiger partial charge in [0.15, 0.2) is 10.8 Å². The molecule has 0 atom stereocenters. The Kier molecular flexibility index (Phi) is 3.28.